The Morgan fingerprint density at radius 2 is 1.68 bits per heavy atom. The summed E-state index contributed by atoms with van der Waals surface area (Å²) in [6.45, 7) is 0.905. The summed E-state index contributed by atoms with van der Waals surface area (Å²) in [4.78, 5) is 12.6. The number of rotatable bonds is 6. The maximum Gasteiger partial charge on any atom is 0.262 e. The summed E-state index contributed by atoms with van der Waals surface area (Å²) in [5.41, 5.74) is 3.72. The molecule has 0 aliphatic carbocycles. The molecule has 4 nitrogen and oxygen atoms in total. The number of para-hydroxylation sites is 1. The van der Waals surface area contributed by atoms with Gasteiger partial charge in [-0.3, -0.25) is 4.79 Å². The largest absolute Gasteiger partial charge is 0.347 e. The lowest BCUT2D eigenvalue weighted by molar-refractivity contribution is -0.117. The van der Waals surface area contributed by atoms with Gasteiger partial charge in [-0.2, -0.15) is 5.26 Å². The van der Waals surface area contributed by atoms with Crippen LogP contribution < -0.4 is 5.32 Å². The number of amides is 1. The van der Waals surface area contributed by atoms with Crippen molar-refractivity contribution in [3.8, 4) is 6.07 Å². The second-order valence-electron chi connectivity index (χ2n) is 7.19. The summed E-state index contributed by atoms with van der Waals surface area (Å²) in [5, 5.41) is 13.3. The van der Waals surface area contributed by atoms with Crippen molar-refractivity contribution in [1.82, 2.24) is 9.88 Å². The Labute approximate surface area is 179 Å². The first-order valence-corrected chi connectivity index (χ1v) is 9.90. The highest BCUT2D eigenvalue weighted by molar-refractivity contribution is 6.04. The molecule has 5 heteroatoms. The Bertz CT molecular complexity index is 1280. The maximum atomic E-state index is 13.2. The number of nitrogens with zero attached hydrogens (tertiary/aromatic N) is 2. The van der Waals surface area contributed by atoms with Crippen LogP contribution in [-0.2, 0) is 17.9 Å². The SMILES string of the molecule is N#C/C(=C\c1cn(Cc2ccc(F)cc2)c2ccccc12)C(=O)NCc1ccccc1. The number of nitrogens with one attached hydrogen (secondary N) is 1. The minimum Gasteiger partial charge on any atom is -0.347 e. The minimum absolute atomic E-state index is 0.0422. The molecule has 1 amide bonds. The second-order valence-corrected chi connectivity index (χ2v) is 7.19. The van der Waals surface area contributed by atoms with E-state index in [-0.39, 0.29) is 11.4 Å². The van der Waals surface area contributed by atoms with Crippen LogP contribution in [0.1, 0.15) is 16.7 Å². The molecule has 3 aromatic carbocycles. The van der Waals surface area contributed by atoms with Crippen LogP contribution in [0.5, 0.6) is 0 Å². The van der Waals surface area contributed by atoms with E-state index in [4.69, 9.17) is 0 Å². The van der Waals surface area contributed by atoms with E-state index in [0.29, 0.717) is 13.1 Å². The first-order valence-electron chi connectivity index (χ1n) is 9.90. The number of carbonyl (C=O) groups excluding carboxylic acids is 1. The molecular weight excluding hydrogens is 389 g/mol. The smallest absolute Gasteiger partial charge is 0.262 e. The Morgan fingerprint density at radius 1 is 0.968 bits per heavy atom. The van der Waals surface area contributed by atoms with Crippen molar-refractivity contribution < 1.29 is 9.18 Å². The molecule has 0 aliphatic rings. The van der Waals surface area contributed by atoms with Gasteiger partial charge in [0.25, 0.3) is 5.91 Å². The normalized spacial score (nSPS) is 11.3. The molecule has 0 radical (unpaired) electrons. The van der Waals surface area contributed by atoms with Crippen LogP contribution in [0.25, 0.3) is 17.0 Å². The van der Waals surface area contributed by atoms with Gasteiger partial charge in [0.05, 0.1) is 0 Å². The van der Waals surface area contributed by atoms with Crippen LogP contribution in [0.4, 0.5) is 4.39 Å². The Balaban J connectivity index is 1.61. The van der Waals surface area contributed by atoms with Gasteiger partial charge >= 0.3 is 0 Å². The zero-order chi connectivity index (χ0) is 21.6. The van der Waals surface area contributed by atoms with Gasteiger partial charge in [-0.25, -0.2) is 4.39 Å². The molecule has 31 heavy (non-hydrogen) atoms. The molecule has 0 saturated carbocycles. The summed E-state index contributed by atoms with van der Waals surface area (Å²) >= 11 is 0. The fraction of sp³-hybridized carbons (Fsp3) is 0.0769. The average molecular weight is 409 g/mol. The van der Waals surface area contributed by atoms with Crippen molar-refractivity contribution in [3.05, 3.63) is 113 Å². The van der Waals surface area contributed by atoms with E-state index in [1.54, 1.807) is 18.2 Å². The van der Waals surface area contributed by atoms with E-state index in [2.05, 4.69) is 5.32 Å². The third-order valence-corrected chi connectivity index (χ3v) is 5.05. The quantitative estimate of drug-likeness (QED) is 0.358. The number of nitriles is 1. The van der Waals surface area contributed by atoms with E-state index >= 15 is 0 Å². The molecule has 0 spiro atoms. The van der Waals surface area contributed by atoms with Crippen LogP contribution in [0.15, 0.2) is 90.6 Å². The van der Waals surface area contributed by atoms with Crippen molar-refractivity contribution in [3.63, 3.8) is 0 Å². The van der Waals surface area contributed by atoms with Gasteiger partial charge in [-0.15, -0.1) is 0 Å². The van der Waals surface area contributed by atoms with Gasteiger partial charge in [-0.05, 0) is 35.4 Å². The molecule has 4 rings (SSSR count). The fourth-order valence-electron chi connectivity index (χ4n) is 3.49. The van der Waals surface area contributed by atoms with Gasteiger partial charge in [-0.1, -0.05) is 60.7 Å². The summed E-state index contributed by atoms with van der Waals surface area (Å²) in [6, 6.07) is 25.7. The molecule has 1 N–H and O–H groups in total. The first-order chi connectivity index (χ1) is 15.1. The standard InChI is InChI=1S/C26H20FN3O/c27-23-12-10-20(11-13-23)17-30-18-22(24-8-4-5-9-25(24)30)14-21(15-28)26(31)29-16-19-6-2-1-3-7-19/h1-14,18H,16-17H2,(H,29,31)/b21-14+. The average Bonchev–Trinajstić information content (AvgIpc) is 3.15. The predicted molar refractivity (Wildman–Crippen MR) is 119 cm³/mol. The third kappa shape index (κ3) is 4.71. The number of fused-ring (bicyclic) bond motifs is 1. The Kier molecular flexibility index (Phi) is 5.91. The van der Waals surface area contributed by atoms with Gasteiger partial charge in [0, 0.05) is 35.8 Å². The van der Waals surface area contributed by atoms with E-state index in [9.17, 15) is 14.4 Å². The highest BCUT2D eigenvalue weighted by Gasteiger charge is 2.12. The molecule has 0 unspecified atom stereocenters. The molecule has 0 fully saturated rings. The zero-order valence-electron chi connectivity index (χ0n) is 16.8. The van der Waals surface area contributed by atoms with E-state index in [1.807, 2.05) is 71.4 Å². The lowest BCUT2D eigenvalue weighted by Gasteiger charge is -2.05. The third-order valence-electron chi connectivity index (χ3n) is 5.05. The first kappa shape index (κ1) is 20.1. The van der Waals surface area contributed by atoms with Crippen LogP contribution >= 0.6 is 0 Å². The van der Waals surface area contributed by atoms with Crippen molar-refractivity contribution in [2.45, 2.75) is 13.1 Å². The maximum absolute atomic E-state index is 13.2. The van der Waals surface area contributed by atoms with Gasteiger partial charge in [0.1, 0.15) is 17.5 Å². The van der Waals surface area contributed by atoms with Crippen molar-refractivity contribution in [2.24, 2.45) is 0 Å². The van der Waals surface area contributed by atoms with Gasteiger partial charge in [0.15, 0.2) is 0 Å². The highest BCUT2D eigenvalue weighted by atomic mass is 19.1. The van der Waals surface area contributed by atoms with Crippen molar-refractivity contribution >= 4 is 22.9 Å². The number of halogens is 1. The van der Waals surface area contributed by atoms with Crippen molar-refractivity contribution in [2.75, 3.05) is 0 Å². The molecule has 0 saturated heterocycles. The molecule has 0 bridgehead atoms. The summed E-state index contributed by atoms with van der Waals surface area (Å²) in [6.07, 6.45) is 3.53. The highest BCUT2D eigenvalue weighted by Crippen LogP contribution is 2.24. The molecular formula is C26H20FN3O. The summed E-state index contributed by atoms with van der Waals surface area (Å²) in [7, 11) is 0. The number of hydrogen-bond donors (Lipinski definition) is 1. The fourth-order valence-corrected chi connectivity index (χ4v) is 3.49. The van der Waals surface area contributed by atoms with E-state index < -0.39 is 5.91 Å². The number of hydrogen-bond acceptors (Lipinski definition) is 2. The summed E-state index contributed by atoms with van der Waals surface area (Å²) < 4.78 is 15.3. The lowest BCUT2D eigenvalue weighted by Crippen LogP contribution is -2.23. The zero-order valence-corrected chi connectivity index (χ0v) is 16.8. The van der Waals surface area contributed by atoms with Crippen LogP contribution in [0, 0.1) is 17.1 Å². The van der Waals surface area contributed by atoms with Crippen LogP contribution in [-0.4, -0.2) is 10.5 Å². The molecule has 152 valence electrons. The summed E-state index contributed by atoms with van der Waals surface area (Å²) in [5.74, 6) is -0.688. The number of carbonyl (C=O) groups is 1. The second kappa shape index (κ2) is 9.10. The monoisotopic (exact) mass is 409 g/mol. The Morgan fingerprint density at radius 3 is 2.42 bits per heavy atom. The minimum atomic E-state index is -0.415. The van der Waals surface area contributed by atoms with Crippen LogP contribution in [0.3, 0.4) is 0 Å². The van der Waals surface area contributed by atoms with Gasteiger partial charge < -0.3 is 9.88 Å². The van der Waals surface area contributed by atoms with E-state index in [0.717, 1.165) is 27.6 Å². The number of aromatic nitrogens is 1. The van der Waals surface area contributed by atoms with Gasteiger partial charge in [0.2, 0.25) is 0 Å². The molecule has 0 atom stereocenters. The lowest BCUT2D eigenvalue weighted by atomic mass is 10.1. The van der Waals surface area contributed by atoms with Crippen molar-refractivity contribution in [1.29, 1.82) is 5.26 Å². The van der Waals surface area contributed by atoms with E-state index in [1.165, 1.54) is 12.1 Å². The molecule has 4 aromatic rings. The predicted octanol–water partition coefficient (Wildman–Crippen LogP) is 5.05. The Hall–Kier alpha value is -4.17. The number of benzene rings is 3. The topological polar surface area (TPSA) is 57.8 Å². The molecule has 0 aliphatic heterocycles. The van der Waals surface area contributed by atoms with Crippen LogP contribution in [0.2, 0.25) is 0 Å². The molecule has 1 aromatic heterocycles. The molecule has 1 heterocycles.